The van der Waals surface area contributed by atoms with Crippen LogP contribution in [0.1, 0.15) is 12.7 Å². The van der Waals surface area contributed by atoms with Crippen molar-refractivity contribution in [3.63, 3.8) is 0 Å². The Hall–Kier alpha value is -3.34. The van der Waals surface area contributed by atoms with Crippen LogP contribution in [0.15, 0.2) is 42.5 Å². The molecule has 0 aliphatic rings. The fourth-order valence-electron chi connectivity index (χ4n) is 2.32. The Morgan fingerprint density at radius 3 is 2.50 bits per heavy atom. The van der Waals surface area contributed by atoms with Crippen LogP contribution in [0.5, 0.6) is 0 Å². The molecule has 3 rings (SSSR count). The highest BCUT2D eigenvalue weighted by Crippen LogP contribution is 2.21. The topological polar surface area (TPSA) is 106 Å². The van der Waals surface area contributed by atoms with Gasteiger partial charge in [-0.05, 0) is 43.3 Å². The number of thioether (sulfide) groups is 1. The first-order valence-electron chi connectivity index (χ1n) is 8.70. The number of hydrogen-bond donors (Lipinski definition) is 3. The molecular formula is C19H17F3N6OS. The summed E-state index contributed by atoms with van der Waals surface area (Å²) >= 11 is 1.18. The largest absolute Gasteiger partial charge is 0.368 e. The molecular weight excluding hydrogens is 417 g/mol. The molecule has 0 aliphatic carbocycles. The number of nitrogens with one attached hydrogen (secondary N) is 2. The number of rotatable bonds is 7. The van der Waals surface area contributed by atoms with Crippen molar-refractivity contribution in [2.24, 2.45) is 0 Å². The average Bonchev–Trinajstić information content (AvgIpc) is 2.70. The fourth-order valence-corrected chi connectivity index (χ4v) is 3.06. The highest BCUT2D eigenvalue weighted by Gasteiger charge is 2.17. The van der Waals surface area contributed by atoms with E-state index in [4.69, 9.17) is 5.73 Å². The number of anilines is 4. The minimum absolute atomic E-state index is 0.0239. The first-order valence-corrected chi connectivity index (χ1v) is 9.75. The van der Waals surface area contributed by atoms with Gasteiger partial charge in [0.2, 0.25) is 17.8 Å². The molecule has 0 aliphatic heterocycles. The van der Waals surface area contributed by atoms with E-state index in [2.05, 4.69) is 25.6 Å². The third-order valence-corrected chi connectivity index (χ3v) is 4.96. The van der Waals surface area contributed by atoms with Crippen LogP contribution in [0, 0.1) is 17.5 Å². The zero-order valence-electron chi connectivity index (χ0n) is 15.7. The Kier molecular flexibility index (Phi) is 6.72. The maximum absolute atomic E-state index is 13.7. The third kappa shape index (κ3) is 5.83. The quantitative estimate of drug-likeness (QED) is 0.518. The van der Waals surface area contributed by atoms with Gasteiger partial charge in [0, 0.05) is 11.8 Å². The van der Waals surface area contributed by atoms with Gasteiger partial charge in [-0.25, -0.2) is 13.2 Å². The van der Waals surface area contributed by atoms with E-state index >= 15 is 0 Å². The number of hydrogen-bond acceptors (Lipinski definition) is 7. The van der Waals surface area contributed by atoms with E-state index < -0.39 is 22.8 Å². The van der Waals surface area contributed by atoms with E-state index in [-0.39, 0.29) is 29.2 Å². The summed E-state index contributed by atoms with van der Waals surface area (Å²) < 4.78 is 39.9. The van der Waals surface area contributed by atoms with Crippen molar-refractivity contribution in [2.45, 2.75) is 17.9 Å². The highest BCUT2D eigenvalue weighted by atomic mass is 32.2. The van der Waals surface area contributed by atoms with Crippen LogP contribution in [-0.2, 0) is 10.5 Å². The van der Waals surface area contributed by atoms with Crippen molar-refractivity contribution < 1.29 is 18.0 Å². The summed E-state index contributed by atoms with van der Waals surface area (Å²) in [4.78, 5) is 24.5. The molecule has 0 spiro atoms. The molecule has 7 nitrogen and oxygen atoms in total. The first kappa shape index (κ1) is 21.4. The van der Waals surface area contributed by atoms with Gasteiger partial charge in [-0.15, -0.1) is 11.8 Å². The van der Waals surface area contributed by atoms with Crippen LogP contribution in [-0.4, -0.2) is 26.1 Å². The lowest BCUT2D eigenvalue weighted by molar-refractivity contribution is -0.115. The maximum Gasteiger partial charge on any atom is 0.237 e. The average molecular weight is 434 g/mol. The van der Waals surface area contributed by atoms with Gasteiger partial charge < -0.3 is 16.4 Å². The van der Waals surface area contributed by atoms with Crippen molar-refractivity contribution in [1.29, 1.82) is 0 Å². The second-order valence-corrected chi connectivity index (χ2v) is 7.46. The predicted octanol–water partition coefficient (Wildman–Crippen LogP) is 3.88. The van der Waals surface area contributed by atoms with E-state index in [0.29, 0.717) is 11.5 Å². The normalized spacial score (nSPS) is 11.7. The molecule has 11 heteroatoms. The van der Waals surface area contributed by atoms with E-state index in [1.165, 1.54) is 36.0 Å². The molecule has 30 heavy (non-hydrogen) atoms. The number of nitrogen functional groups attached to an aromatic ring is 1. The molecule has 0 radical (unpaired) electrons. The van der Waals surface area contributed by atoms with Crippen LogP contribution >= 0.6 is 11.8 Å². The number of aromatic nitrogens is 3. The van der Waals surface area contributed by atoms with Crippen molar-refractivity contribution >= 4 is 40.9 Å². The van der Waals surface area contributed by atoms with E-state index in [0.717, 1.165) is 18.2 Å². The van der Waals surface area contributed by atoms with Crippen LogP contribution in [0.25, 0.3) is 0 Å². The van der Waals surface area contributed by atoms with Gasteiger partial charge in [-0.2, -0.15) is 15.0 Å². The molecule has 2 aromatic carbocycles. The molecule has 1 amide bonds. The molecule has 0 bridgehead atoms. The number of nitrogens with two attached hydrogens (primary N) is 1. The number of amides is 1. The Morgan fingerprint density at radius 1 is 1.07 bits per heavy atom. The van der Waals surface area contributed by atoms with Crippen LogP contribution < -0.4 is 16.4 Å². The number of halogens is 3. The van der Waals surface area contributed by atoms with Gasteiger partial charge in [0.15, 0.2) is 0 Å². The number of carbonyl (C=O) groups excluding carboxylic acids is 1. The molecule has 1 unspecified atom stereocenters. The number of nitrogens with zero attached hydrogens (tertiary/aromatic N) is 3. The van der Waals surface area contributed by atoms with Gasteiger partial charge in [-0.3, -0.25) is 4.79 Å². The predicted molar refractivity (Wildman–Crippen MR) is 110 cm³/mol. The van der Waals surface area contributed by atoms with Crippen LogP contribution in [0.4, 0.5) is 36.4 Å². The summed E-state index contributed by atoms with van der Waals surface area (Å²) in [5.74, 6) is -1.60. The van der Waals surface area contributed by atoms with Crippen LogP contribution in [0.2, 0.25) is 0 Å². The summed E-state index contributed by atoms with van der Waals surface area (Å²) in [6.07, 6.45) is 0. The van der Waals surface area contributed by atoms with Crippen molar-refractivity contribution in [3.05, 3.63) is 65.7 Å². The molecule has 1 heterocycles. The zero-order chi connectivity index (χ0) is 21.7. The second kappa shape index (κ2) is 9.44. The molecule has 1 atom stereocenters. The Bertz CT molecular complexity index is 1050. The molecule has 156 valence electrons. The monoisotopic (exact) mass is 434 g/mol. The van der Waals surface area contributed by atoms with Gasteiger partial charge in [0.1, 0.15) is 23.3 Å². The summed E-state index contributed by atoms with van der Waals surface area (Å²) in [5.41, 5.74) is 6.04. The molecule has 0 saturated heterocycles. The lowest BCUT2D eigenvalue weighted by Crippen LogP contribution is -2.23. The van der Waals surface area contributed by atoms with Crippen molar-refractivity contribution in [1.82, 2.24) is 15.0 Å². The zero-order valence-corrected chi connectivity index (χ0v) is 16.5. The highest BCUT2D eigenvalue weighted by molar-refractivity contribution is 7.99. The minimum Gasteiger partial charge on any atom is -0.368 e. The van der Waals surface area contributed by atoms with E-state index in [9.17, 15) is 18.0 Å². The fraction of sp³-hybridized carbons (Fsp3) is 0.158. The van der Waals surface area contributed by atoms with Crippen molar-refractivity contribution in [2.75, 3.05) is 16.4 Å². The summed E-state index contributed by atoms with van der Waals surface area (Å²) in [5, 5.41) is 4.63. The Labute approximate surface area is 174 Å². The standard InChI is InChI=1S/C19H17F3N6OS/c1-10(17(29)25-15-8-12(21)4-7-14(15)22)30-9-16-26-18(23)28-19(27-16)24-13-5-2-11(20)3-6-13/h2-8,10H,9H2,1H3,(H,25,29)(H3,23,24,26,27,28). The number of carbonyl (C=O) groups is 1. The van der Waals surface area contributed by atoms with Gasteiger partial charge in [-0.1, -0.05) is 0 Å². The molecule has 0 fully saturated rings. The van der Waals surface area contributed by atoms with Gasteiger partial charge in [0.25, 0.3) is 0 Å². The Balaban J connectivity index is 1.61. The summed E-state index contributed by atoms with van der Waals surface area (Å²) in [6.45, 7) is 1.61. The smallest absolute Gasteiger partial charge is 0.237 e. The first-order chi connectivity index (χ1) is 14.3. The lowest BCUT2D eigenvalue weighted by Gasteiger charge is -2.13. The molecule has 0 saturated carbocycles. The SMILES string of the molecule is CC(SCc1nc(N)nc(Nc2ccc(F)cc2)n1)C(=O)Nc1cc(F)ccc1F. The van der Waals surface area contributed by atoms with Crippen LogP contribution in [0.3, 0.4) is 0 Å². The third-order valence-electron chi connectivity index (χ3n) is 3.82. The minimum atomic E-state index is -0.733. The van der Waals surface area contributed by atoms with E-state index in [1.54, 1.807) is 6.92 Å². The second-order valence-electron chi connectivity index (χ2n) is 6.13. The van der Waals surface area contributed by atoms with Gasteiger partial charge >= 0.3 is 0 Å². The summed E-state index contributed by atoms with van der Waals surface area (Å²) in [6, 6.07) is 8.41. The summed E-state index contributed by atoms with van der Waals surface area (Å²) in [7, 11) is 0. The molecule has 1 aromatic heterocycles. The van der Waals surface area contributed by atoms with E-state index in [1.807, 2.05) is 0 Å². The van der Waals surface area contributed by atoms with Crippen molar-refractivity contribution in [3.8, 4) is 0 Å². The maximum atomic E-state index is 13.7. The molecule has 4 N–H and O–H groups in total. The molecule has 3 aromatic rings. The Morgan fingerprint density at radius 2 is 1.77 bits per heavy atom. The van der Waals surface area contributed by atoms with Gasteiger partial charge in [0.05, 0.1) is 16.7 Å². The lowest BCUT2D eigenvalue weighted by atomic mass is 10.3. The number of benzene rings is 2.